The number of aromatic nitrogens is 1. The molecule has 1 saturated heterocycles. The number of rotatable bonds is 2. The molecule has 0 unspecified atom stereocenters. The van der Waals surface area contributed by atoms with E-state index in [2.05, 4.69) is 15.6 Å². The number of nitrogens with zero attached hydrogens (tertiary/aromatic N) is 1. The lowest BCUT2D eigenvalue weighted by molar-refractivity contribution is -0.118. The van der Waals surface area contributed by atoms with Crippen molar-refractivity contribution < 1.29 is 9.18 Å². The molecular weight excluding hydrogens is 280 g/mol. The van der Waals surface area contributed by atoms with Crippen LogP contribution in [-0.4, -0.2) is 23.5 Å². The van der Waals surface area contributed by atoms with Gasteiger partial charge in [0.05, 0.1) is 12.2 Å². The van der Waals surface area contributed by atoms with Crippen LogP contribution >= 0.6 is 24.8 Å². The summed E-state index contributed by atoms with van der Waals surface area (Å²) in [7, 11) is 0. The second kappa shape index (κ2) is 8.24. The Morgan fingerprint density at radius 3 is 2.72 bits per heavy atom. The molecule has 1 aliphatic rings. The lowest BCUT2D eigenvalue weighted by Crippen LogP contribution is -2.43. The monoisotopic (exact) mass is 295 g/mol. The van der Waals surface area contributed by atoms with Gasteiger partial charge in [-0.05, 0) is 31.5 Å². The maximum atomic E-state index is 12.6. The Balaban J connectivity index is 0.00000144. The summed E-state index contributed by atoms with van der Waals surface area (Å²) in [6, 6.07) is 2.58. The molecule has 1 atom stereocenters. The van der Waals surface area contributed by atoms with Gasteiger partial charge in [0.15, 0.2) is 0 Å². The molecule has 1 aliphatic heterocycles. The van der Waals surface area contributed by atoms with Gasteiger partial charge in [0, 0.05) is 0 Å². The SMILES string of the molecule is Cl.Cl.O=C(Nc1ccc(F)cn1)[C@@H]1CCCCN1. The van der Waals surface area contributed by atoms with Crippen molar-refractivity contribution in [2.24, 2.45) is 0 Å². The van der Waals surface area contributed by atoms with Gasteiger partial charge in [0.2, 0.25) is 5.91 Å². The van der Waals surface area contributed by atoms with Crippen molar-refractivity contribution >= 4 is 36.5 Å². The molecule has 0 saturated carbocycles. The molecule has 0 spiro atoms. The Labute approximate surface area is 118 Å². The van der Waals surface area contributed by atoms with Crippen LogP contribution in [0.5, 0.6) is 0 Å². The summed E-state index contributed by atoms with van der Waals surface area (Å²) in [5.74, 6) is -0.119. The van der Waals surface area contributed by atoms with Crippen molar-refractivity contribution in [1.82, 2.24) is 10.3 Å². The Morgan fingerprint density at radius 2 is 2.17 bits per heavy atom. The van der Waals surface area contributed by atoms with E-state index in [1.165, 1.54) is 12.1 Å². The van der Waals surface area contributed by atoms with Gasteiger partial charge in [0.1, 0.15) is 11.6 Å². The van der Waals surface area contributed by atoms with E-state index >= 15 is 0 Å². The van der Waals surface area contributed by atoms with Crippen LogP contribution in [0.2, 0.25) is 0 Å². The third kappa shape index (κ3) is 4.76. The predicted octanol–water partition coefficient (Wildman–Crippen LogP) is 2.14. The van der Waals surface area contributed by atoms with Gasteiger partial charge in [-0.25, -0.2) is 9.37 Å². The van der Waals surface area contributed by atoms with E-state index in [1.807, 2.05) is 0 Å². The third-order valence-electron chi connectivity index (χ3n) is 2.61. The Kier molecular flexibility index (Phi) is 7.82. The Bertz CT molecular complexity index is 369. The minimum atomic E-state index is -0.409. The number of carbonyl (C=O) groups is 1. The molecule has 0 bridgehead atoms. The highest BCUT2D eigenvalue weighted by Crippen LogP contribution is 2.10. The Morgan fingerprint density at radius 1 is 1.39 bits per heavy atom. The van der Waals surface area contributed by atoms with Crippen molar-refractivity contribution in [2.45, 2.75) is 25.3 Å². The second-order valence-corrected chi connectivity index (χ2v) is 3.85. The maximum Gasteiger partial charge on any atom is 0.242 e. The van der Waals surface area contributed by atoms with Crippen LogP contribution in [0.15, 0.2) is 18.3 Å². The van der Waals surface area contributed by atoms with E-state index < -0.39 is 5.82 Å². The number of pyridine rings is 1. The molecule has 1 fully saturated rings. The number of hydrogen-bond acceptors (Lipinski definition) is 3. The van der Waals surface area contributed by atoms with Gasteiger partial charge in [0.25, 0.3) is 0 Å². The smallest absolute Gasteiger partial charge is 0.242 e. The molecule has 102 valence electrons. The van der Waals surface area contributed by atoms with Gasteiger partial charge in [-0.3, -0.25) is 4.79 Å². The molecule has 0 radical (unpaired) electrons. The fourth-order valence-electron chi connectivity index (χ4n) is 1.74. The molecular formula is C11H16Cl2FN3O. The average Bonchev–Trinajstić information content (AvgIpc) is 2.33. The second-order valence-electron chi connectivity index (χ2n) is 3.85. The summed E-state index contributed by atoms with van der Waals surface area (Å²) in [5, 5.41) is 5.80. The summed E-state index contributed by atoms with van der Waals surface area (Å²) in [6.45, 7) is 0.870. The van der Waals surface area contributed by atoms with E-state index in [4.69, 9.17) is 0 Å². The normalized spacial score (nSPS) is 18.2. The summed E-state index contributed by atoms with van der Waals surface area (Å²) in [4.78, 5) is 15.5. The standard InChI is InChI=1S/C11H14FN3O.2ClH/c12-8-4-5-10(14-7-8)15-11(16)9-3-1-2-6-13-9;;/h4-5,7,9,13H,1-3,6H2,(H,14,15,16);2*1H/t9-;;/m0../s1. The van der Waals surface area contributed by atoms with Crippen LogP contribution in [-0.2, 0) is 4.79 Å². The number of piperidine rings is 1. The fourth-order valence-corrected chi connectivity index (χ4v) is 1.74. The van der Waals surface area contributed by atoms with Gasteiger partial charge in [-0.2, -0.15) is 0 Å². The van der Waals surface area contributed by atoms with E-state index in [1.54, 1.807) is 0 Å². The first-order valence-corrected chi connectivity index (χ1v) is 5.41. The number of amides is 1. The number of nitrogens with one attached hydrogen (secondary N) is 2. The number of hydrogen-bond donors (Lipinski definition) is 2. The van der Waals surface area contributed by atoms with Crippen LogP contribution in [0.3, 0.4) is 0 Å². The first kappa shape index (κ1) is 17.1. The van der Waals surface area contributed by atoms with Crippen LogP contribution in [0.1, 0.15) is 19.3 Å². The van der Waals surface area contributed by atoms with Crippen LogP contribution in [0.4, 0.5) is 10.2 Å². The largest absolute Gasteiger partial charge is 0.309 e. The highest BCUT2D eigenvalue weighted by molar-refractivity contribution is 5.94. The summed E-state index contributed by atoms with van der Waals surface area (Å²) >= 11 is 0. The topological polar surface area (TPSA) is 54.0 Å². The van der Waals surface area contributed by atoms with E-state index in [0.29, 0.717) is 5.82 Å². The van der Waals surface area contributed by atoms with Crippen molar-refractivity contribution in [3.63, 3.8) is 0 Å². The molecule has 1 amide bonds. The average molecular weight is 296 g/mol. The fraction of sp³-hybridized carbons (Fsp3) is 0.455. The number of halogens is 3. The van der Waals surface area contributed by atoms with Crippen molar-refractivity contribution in [1.29, 1.82) is 0 Å². The molecule has 1 aromatic rings. The highest BCUT2D eigenvalue weighted by atomic mass is 35.5. The zero-order valence-electron chi connectivity index (χ0n) is 9.69. The van der Waals surface area contributed by atoms with Crippen LogP contribution < -0.4 is 10.6 Å². The van der Waals surface area contributed by atoms with Gasteiger partial charge in [-0.1, -0.05) is 6.42 Å². The highest BCUT2D eigenvalue weighted by Gasteiger charge is 2.20. The lowest BCUT2D eigenvalue weighted by Gasteiger charge is -2.22. The van der Waals surface area contributed by atoms with E-state index in [9.17, 15) is 9.18 Å². The molecule has 2 N–H and O–H groups in total. The van der Waals surface area contributed by atoms with Crippen molar-refractivity contribution in [3.05, 3.63) is 24.1 Å². The molecule has 0 aromatic carbocycles. The predicted molar refractivity (Wildman–Crippen MR) is 73.0 cm³/mol. The Hall–Kier alpha value is -0.910. The lowest BCUT2D eigenvalue weighted by atomic mass is 10.0. The third-order valence-corrected chi connectivity index (χ3v) is 2.61. The van der Waals surface area contributed by atoms with Gasteiger partial charge in [-0.15, -0.1) is 24.8 Å². The van der Waals surface area contributed by atoms with Crippen molar-refractivity contribution in [3.8, 4) is 0 Å². The number of anilines is 1. The maximum absolute atomic E-state index is 12.6. The molecule has 7 heteroatoms. The van der Waals surface area contributed by atoms with Crippen molar-refractivity contribution in [2.75, 3.05) is 11.9 Å². The van der Waals surface area contributed by atoms with Crippen LogP contribution in [0.25, 0.3) is 0 Å². The summed E-state index contributed by atoms with van der Waals surface area (Å²) < 4.78 is 12.6. The minimum Gasteiger partial charge on any atom is -0.309 e. The molecule has 2 rings (SSSR count). The zero-order chi connectivity index (χ0) is 11.4. The van der Waals surface area contributed by atoms with Crippen LogP contribution in [0, 0.1) is 5.82 Å². The molecule has 4 nitrogen and oxygen atoms in total. The summed E-state index contributed by atoms with van der Waals surface area (Å²) in [6.07, 6.45) is 4.09. The molecule has 0 aliphatic carbocycles. The quantitative estimate of drug-likeness (QED) is 0.879. The van der Waals surface area contributed by atoms with E-state index in [0.717, 1.165) is 32.0 Å². The van der Waals surface area contributed by atoms with E-state index in [-0.39, 0.29) is 36.8 Å². The molecule has 18 heavy (non-hydrogen) atoms. The van der Waals surface area contributed by atoms with Gasteiger partial charge >= 0.3 is 0 Å². The molecule has 1 aromatic heterocycles. The van der Waals surface area contributed by atoms with Gasteiger partial charge < -0.3 is 10.6 Å². The zero-order valence-corrected chi connectivity index (χ0v) is 11.3. The first-order valence-electron chi connectivity index (χ1n) is 5.41. The molecule has 2 heterocycles. The number of carbonyl (C=O) groups excluding carboxylic acids is 1. The summed E-state index contributed by atoms with van der Waals surface area (Å²) in [5.41, 5.74) is 0. The minimum absolute atomic E-state index is 0. The first-order chi connectivity index (χ1) is 7.75.